The second-order valence-electron chi connectivity index (χ2n) is 4.59. The highest BCUT2D eigenvalue weighted by Gasteiger charge is 2.18. The number of hydrogen-bond donors (Lipinski definition) is 2. The molecule has 0 atom stereocenters. The number of nitrogens with zero attached hydrogens (tertiary/aromatic N) is 1. The highest BCUT2D eigenvalue weighted by molar-refractivity contribution is 6.33. The van der Waals surface area contributed by atoms with Crippen LogP contribution in [-0.2, 0) is 9.59 Å². The van der Waals surface area contributed by atoms with Gasteiger partial charge in [-0.1, -0.05) is 17.7 Å². The molecule has 0 unspecified atom stereocenters. The minimum absolute atomic E-state index is 0.0487. The molecular weight excluding hydrogens is 266 g/mol. The molecule has 1 heterocycles. The molecule has 0 bridgehead atoms. The minimum atomic E-state index is -0.166. The smallest absolute Gasteiger partial charge is 0.238 e. The highest BCUT2D eigenvalue weighted by atomic mass is 35.5. The summed E-state index contributed by atoms with van der Waals surface area (Å²) in [5, 5.41) is 5.99. The van der Waals surface area contributed by atoms with Gasteiger partial charge in [0.15, 0.2) is 0 Å². The average Bonchev–Trinajstić information content (AvgIpc) is 2.33. The zero-order valence-corrected chi connectivity index (χ0v) is 11.5. The molecule has 5 nitrogen and oxygen atoms in total. The van der Waals surface area contributed by atoms with Gasteiger partial charge < -0.3 is 10.6 Å². The Morgan fingerprint density at radius 2 is 2.32 bits per heavy atom. The monoisotopic (exact) mass is 281 g/mol. The Balaban J connectivity index is 1.92. The Bertz CT molecular complexity index is 505. The molecule has 0 spiro atoms. The maximum absolute atomic E-state index is 11.9. The molecule has 2 N–H and O–H groups in total. The van der Waals surface area contributed by atoms with Gasteiger partial charge in [0, 0.05) is 13.1 Å². The number of piperazine rings is 1. The zero-order valence-electron chi connectivity index (χ0n) is 10.7. The molecule has 1 saturated heterocycles. The molecule has 2 rings (SSSR count). The third-order valence-corrected chi connectivity index (χ3v) is 3.20. The quantitative estimate of drug-likeness (QED) is 0.870. The standard InChI is InChI=1S/C13H16ClN3O2/c1-9-2-3-11(10(14)6-9)16-13(19)8-17-5-4-15-12(18)7-17/h2-3,6H,4-5,7-8H2,1H3,(H,15,18)(H,16,19). The van der Waals surface area contributed by atoms with Gasteiger partial charge in [-0.05, 0) is 24.6 Å². The van der Waals surface area contributed by atoms with Crippen LogP contribution in [0.5, 0.6) is 0 Å². The van der Waals surface area contributed by atoms with E-state index in [9.17, 15) is 9.59 Å². The van der Waals surface area contributed by atoms with Crippen molar-refractivity contribution < 1.29 is 9.59 Å². The van der Waals surface area contributed by atoms with Gasteiger partial charge in [0.05, 0.1) is 23.8 Å². The average molecular weight is 282 g/mol. The lowest BCUT2D eigenvalue weighted by Gasteiger charge is -2.25. The van der Waals surface area contributed by atoms with E-state index in [1.807, 2.05) is 13.0 Å². The number of rotatable bonds is 3. The van der Waals surface area contributed by atoms with Crippen LogP contribution in [0.25, 0.3) is 0 Å². The molecule has 19 heavy (non-hydrogen) atoms. The van der Waals surface area contributed by atoms with Gasteiger partial charge in [0.25, 0.3) is 0 Å². The first-order valence-corrected chi connectivity index (χ1v) is 6.47. The second-order valence-corrected chi connectivity index (χ2v) is 5.00. The Morgan fingerprint density at radius 1 is 1.53 bits per heavy atom. The predicted octanol–water partition coefficient (Wildman–Crippen LogP) is 1.02. The van der Waals surface area contributed by atoms with Gasteiger partial charge in [-0.15, -0.1) is 0 Å². The summed E-state index contributed by atoms with van der Waals surface area (Å²) < 4.78 is 0. The summed E-state index contributed by atoms with van der Waals surface area (Å²) in [5.74, 6) is -0.215. The summed E-state index contributed by atoms with van der Waals surface area (Å²) in [7, 11) is 0. The van der Waals surface area contributed by atoms with Crippen LogP contribution in [0.3, 0.4) is 0 Å². The van der Waals surface area contributed by atoms with Crippen LogP contribution < -0.4 is 10.6 Å². The third-order valence-electron chi connectivity index (χ3n) is 2.88. The van der Waals surface area contributed by atoms with Crippen LogP contribution in [0.15, 0.2) is 18.2 Å². The second kappa shape index (κ2) is 6.04. The maximum atomic E-state index is 11.9. The van der Waals surface area contributed by atoms with Gasteiger partial charge in [-0.3, -0.25) is 14.5 Å². The number of aryl methyl sites for hydroxylation is 1. The SMILES string of the molecule is Cc1ccc(NC(=O)CN2CCNC(=O)C2)c(Cl)c1. The summed E-state index contributed by atoms with van der Waals surface area (Å²) in [5.41, 5.74) is 1.63. The largest absolute Gasteiger partial charge is 0.354 e. The molecule has 0 aromatic heterocycles. The molecule has 2 amide bonds. The molecule has 6 heteroatoms. The summed E-state index contributed by atoms with van der Waals surface area (Å²) >= 11 is 6.05. The van der Waals surface area contributed by atoms with E-state index in [0.29, 0.717) is 23.8 Å². The highest BCUT2D eigenvalue weighted by Crippen LogP contribution is 2.22. The van der Waals surface area contributed by atoms with E-state index in [-0.39, 0.29) is 24.9 Å². The Labute approximate surface area is 116 Å². The summed E-state index contributed by atoms with van der Waals surface area (Å²) in [6, 6.07) is 5.46. The maximum Gasteiger partial charge on any atom is 0.238 e. The topological polar surface area (TPSA) is 61.4 Å². The normalized spacial score (nSPS) is 16.0. The zero-order chi connectivity index (χ0) is 13.8. The first-order valence-electron chi connectivity index (χ1n) is 6.09. The molecule has 1 aromatic rings. The van der Waals surface area contributed by atoms with E-state index in [0.717, 1.165) is 5.56 Å². The molecule has 102 valence electrons. The van der Waals surface area contributed by atoms with Gasteiger partial charge in [0.1, 0.15) is 0 Å². The Hall–Kier alpha value is -1.59. The summed E-state index contributed by atoms with van der Waals surface area (Å²) in [6.45, 7) is 3.65. The van der Waals surface area contributed by atoms with E-state index < -0.39 is 0 Å². The van der Waals surface area contributed by atoms with E-state index in [2.05, 4.69) is 10.6 Å². The first-order chi connectivity index (χ1) is 9.04. The van der Waals surface area contributed by atoms with Gasteiger partial charge >= 0.3 is 0 Å². The van der Waals surface area contributed by atoms with Crippen molar-refractivity contribution in [3.8, 4) is 0 Å². The summed E-state index contributed by atoms with van der Waals surface area (Å²) in [6.07, 6.45) is 0. The van der Waals surface area contributed by atoms with Crippen molar-refractivity contribution >= 4 is 29.1 Å². The van der Waals surface area contributed by atoms with Crippen molar-refractivity contribution in [1.29, 1.82) is 0 Å². The lowest BCUT2D eigenvalue weighted by Crippen LogP contribution is -2.49. The Morgan fingerprint density at radius 3 is 3.00 bits per heavy atom. The number of anilines is 1. The van der Waals surface area contributed by atoms with E-state index in [1.165, 1.54) is 0 Å². The lowest BCUT2D eigenvalue weighted by molar-refractivity contribution is -0.125. The van der Waals surface area contributed by atoms with Crippen molar-refractivity contribution in [3.05, 3.63) is 28.8 Å². The van der Waals surface area contributed by atoms with E-state index in [1.54, 1.807) is 17.0 Å². The molecule has 0 radical (unpaired) electrons. The van der Waals surface area contributed by atoms with Crippen molar-refractivity contribution in [2.75, 3.05) is 31.5 Å². The molecule has 0 aliphatic carbocycles. The predicted molar refractivity (Wildman–Crippen MR) is 74.3 cm³/mol. The van der Waals surface area contributed by atoms with Crippen LogP contribution in [-0.4, -0.2) is 42.9 Å². The van der Waals surface area contributed by atoms with Gasteiger partial charge in [0.2, 0.25) is 11.8 Å². The van der Waals surface area contributed by atoms with Crippen LogP contribution in [0, 0.1) is 6.92 Å². The van der Waals surface area contributed by atoms with Crippen LogP contribution in [0.2, 0.25) is 5.02 Å². The number of hydrogen-bond acceptors (Lipinski definition) is 3. The summed E-state index contributed by atoms with van der Waals surface area (Å²) in [4.78, 5) is 24.9. The molecule has 1 fully saturated rings. The lowest BCUT2D eigenvalue weighted by atomic mass is 10.2. The van der Waals surface area contributed by atoms with Crippen molar-refractivity contribution in [2.45, 2.75) is 6.92 Å². The van der Waals surface area contributed by atoms with E-state index >= 15 is 0 Å². The van der Waals surface area contributed by atoms with Gasteiger partial charge in [-0.25, -0.2) is 0 Å². The molecule has 0 saturated carbocycles. The number of benzene rings is 1. The number of halogens is 1. The minimum Gasteiger partial charge on any atom is -0.354 e. The van der Waals surface area contributed by atoms with Crippen LogP contribution in [0.1, 0.15) is 5.56 Å². The number of carbonyl (C=O) groups excluding carboxylic acids is 2. The fraction of sp³-hybridized carbons (Fsp3) is 0.385. The number of amides is 2. The van der Waals surface area contributed by atoms with Crippen LogP contribution in [0.4, 0.5) is 5.69 Å². The fourth-order valence-corrected chi connectivity index (χ4v) is 2.22. The third kappa shape index (κ3) is 3.94. The molecular formula is C13H16ClN3O2. The van der Waals surface area contributed by atoms with Crippen molar-refractivity contribution in [3.63, 3.8) is 0 Å². The Kier molecular flexibility index (Phi) is 4.39. The number of carbonyl (C=O) groups is 2. The molecule has 1 aliphatic rings. The van der Waals surface area contributed by atoms with Gasteiger partial charge in [-0.2, -0.15) is 0 Å². The van der Waals surface area contributed by atoms with Crippen LogP contribution >= 0.6 is 11.6 Å². The molecule has 1 aliphatic heterocycles. The molecule has 1 aromatic carbocycles. The van der Waals surface area contributed by atoms with E-state index in [4.69, 9.17) is 11.6 Å². The van der Waals surface area contributed by atoms with Crippen molar-refractivity contribution in [2.24, 2.45) is 0 Å². The van der Waals surface area contributed by atoms with Crippen molar-refractivity contribution in [1.82, 2.24) is 10.2 Å². The fourth-order valence-electron chi connectivity index (χ4n) is 1.94. The number of nitrogens with one attached hydrogen (secondary N) is 2. The first kappa shape index (κ1) is 13.8.